The van der Waals surface area contributed by atoms with Crippen LogP contribution < -0.4 is 5.32 Å². The molecule has 1 fully saturated rings. The summed E-state index contributed by atoms with van der Waals surface area (Å²) in [5.41, 5.74) is 0. The molecule has 0 spiro atoms. The largest absolute Gasteiger partial charge is 0.425 e. The number of nitrogens with one attached hydrogen (secondary N) is 1. The number of aryl methyl sites for hydroxylation is 1. The fourth-order valence-electron chi connectivity index (χ4n) is 2.83. The topological polar surface area (TPSA) is 97.5 Å². The highest BCUT2D eigenvalue weighted by molar-refractivity contribution is 5.76. The molecule has 1 aromatic heterocycles. The van der Waals surface area contributed by atoms with Gasteiger partial charge in [-0.1, -0.05) is 26.7 Å². The molecule has 3 atom stereocenters. The Hall–Kier alpha value is -1.47. The van der Waals surface area contributed by atoms with Gasteiger partial charge in [0.05, 0.1) is 12.1 Å². The average molecular weight is 325 g/mol. The van der Waals surface area contributed by atoms with E-state index in [1.807, 2.05) is 13.8 Å². The number of aliphatic hydroxyl groups excluding tert-OH is 1. The molecular formula is C16H27N3O4. The molecule has 2 rings (SSSR count). The minimum absolute atomic E-state index is 0.116. The summed E-state index contributed by atoms with van der Waals surface area (Å²) in [7, 11) is 1.60. The van der Waals surface area contributed by atoms with Crippen molar-refractivity contribution in [1.29, 1.82) is 0 Å². The van der Waals surface area contributed by atoms with Crippen LogP contribution in [0, 0.1) is 0 Å². The molecule has 0 saturated heterocycles. The Balaban J connectivity index is 1.83. The van der Waals surface area contributed by atoms with Gasteiger partial charge in [-0.3, -0.25) is 4.79 Å². The van der Waals surface area contributed by atoms with Crippen LogP contribution in [0.4, 0.5) is 0 Å². The van der Waals surface area contributed by atoms with Crippen molar-refractivity contribution in [2.24, 2.45) is 0 Å². The Kier molecular flexibility index (Phi) is 6.53. The maximum Gasteiger partial charge on any atom is 0.220 e. The minimum atomic E-state index is -0.664. The second-order valence-electron chi connectivity index (χ2n) is 6.41. The van der Waals surface area contributed by atoms with Crippen molar-refractivity contribution in [2.75, 3.05) is 7.11 Å². The Morgan fingerprint density at radius 1 is 1.39 bits per heavy atom. The zero-order valence-electron chi connectivity index (χ0n) is 14.1. The van der Waals surface area contributed by atoms with Gasteiger partial charge in [-0.05, 0) is 12.8 Å². The van der Waals surface area contributed by atoms with Gasteiger partial charge in [0.2, 0.25) is 17.7 Å². The lowest BCUT2D eigenvalue weighted by Gasteiger charge is -2.27. The van der Waals surface area contributed by atoms with Gasteiger partial charge in [-0.25, -0.2) is 0 Å². The first-order valence-corrected chi connectivity index (χ1v) is 8.33. The highest BCUT2D eigenvalue weighted by Crippen LogP contribution is 2.21. The number of aliphatic hydroxyl groups is 1. The number of carbonyl (C=O) groups is 1. The number of methoxy groups -OCH3 is 1. The summed E-state index contributed by atoms with van der Waals surface area (Å²) < 4.78 is 10.8. The van der Waals surface area contributed by atoms with Gasteiger partial charge >= 0.3 is 0 Å². The average Bonchev–Trinajstić information content (AvgIpc) is 2.93. The molecule has 0 aromatic carbocycles. The molecule has 1 aliphatic rings. The van der Waals surface area contributed by atoms with Gasteiger partial charge in [0.1, 0.15) is 6.10 Å². The summed E-state index contributed by atoms with van der Waals surface area (Å²) in [4.78, 5) is 12.1. The molecule has 1 amide bonds. The highest BCUT2D eigenvalue weighted by Gasteiger charge is 2.31. The van der Waals surface area contributed by atoms with Gasteiger partial charge in [-0.2, -0.15) is 0 Å². The maximum absolute atomic E-state index is 12.1. The smallest absolute Gasteiger partial charge is 0.220 e. The molecule has 7 heteroatoms. The van der Waals surface area contributed by atoms with Crippen LogP contribution >= 0.6 is 0 Å². The predicted octanol–water partition coefficient (Wildman–Crippen LogP) is 1.56. The van der Waals surface area contributed by atoms with Gasteiger partial charge in [0.25, 0.3) is 0 Å². The van der Waals surface area contributed by atoms with Crippen molar-refractivity contribution in [3.63, 3.8) is 0 Å². The molecule has 1 saturated carbocycles. The molecule has 0 unspecified atom stereocenters. The van der Waals surface area contributed by atoms with Crippen molar-refractivity contribution in [1.82, 2.24) is 15.5 Å². The summed E-state index contributed by atoms with van der Waals surface area (Å²) in [6, 6.07) is -0.260. The van der Waals surface area contributed by atoms with Crippen LogP contribution in [0.5, 0.6) is 0 Å². The van der Waals surface area contributed by atoms with Crippen molar-refractivity contribution in [3.05, 3.63) is 11.8 Å². The third-order valence-electron chi connectivity index (χ3n) is 4.24. The number of hydrogen-bond donors (Lipinski definition) is 2. The Labute approximate surface area is 136 Å². The Morgan fingerprint density at radius 2 is 2.13 bits per heavy atom. The van der Waals surface area contributed by atoms with Crippen molar-refractivity contribution in [2.45, 2.75) is 76.5 Å². The number of aromatic nitrogens is 2. The molecule has 1 aliphatic carbocycles. The molecule has 130 valence electrons. The van der Waals surface area contributed by atoms with Crippen LogP contribution in [0.15, 0.2) is 4.42 Å². The van der Waals surface area contributed by atoms with E-state index in [1.54, 1.807) is 7.11 Å². The first-order valence-electron chi connectivity index (χ1n) is 8.33. The van der Waals surface area contributed by atoms with Gasteiger partial charge in [-0.15, -0.1) is 10.2 Å². The van der Waals surface area contributed by atoms with Crippen molar-refractivity contribution < 1.29 is 19.1 Å². The third-order valence-corrected chi connectivity index (χ3v) is 4.24. The van der Waals surface area contributed by atoms with Crippen LogP contribution in [-0.4, -0.2) is 46.6 Å². The number of nitrogens with zero attached hydrogens (tertiary/aromatic N) is 2. The molecule has 7 nitrogen and oxygen atoms in total. The molecule has 2 N–H and O–H groups in total. The second-order valence-corrected chi connectivity index (χ2v) is 6.41. The molecule has 23 heavy (non-hydrogen) atoms. The van der Waals surface area contributed by atoms with E-state index in [2.05, 4.69) is 15.5 Å². The van der Waals surface area contributed by atoms with E-state index in [0.717, 1.165) is 25.7 Å². The van der Waals surface area contributed by atoms with E-state index in [0.29, 0.717) is 18.2 Å². The van der Waals surface area contributed by atoms with E-state index >= 15 is 0 Å². The van der Waals surface area contributed by atoms with Gasteiger partial charge < -0.3 is 19.6 Å². The second kappa shape index (κ2) is 8.40. The number of hydrogen-bond acceptors (Lipinski definition) is 6. The zero-order chi connectivity index (χ0) is 16.8. The first-order chi connectivity index (χ1) is 11.0. The van der Waals surface area contributed by atoms with Crippen LogP contribution in [0.2, 0.25) is 0 Å². The van der Waals surface area contributed by atoms with Crippen LogP contribution in [0.1, 0.15) is 63.7 Å². The lowest BCUT2D eigenvalue weighted by Crippen LogP contribution is -2.48. The van der Waals surface area contributed by atoms with Crippen LogP contribution in [0.25, 0.3) is 0 Å². The fraction of sp³-hybridized carbons (Fsp3) is 0.812. The fourth-order valence-corrected chi connectivity index (χ4v) is 2.83. The normalized spacial score (nSPS) is 25.3. The number of ether oxygens (including phenoxy) is 1. The lowest BCUT2D eigenvalue weighted by atomic mass is 10.0. The summed E-state index contributed by atoms with van der Waals surface area (Å²) in [5.74, 6) is 1.12. The van der Waals surface area contributed by atoms with Crippen LogP contribution in [-0.2, 0) is 16.0 Å². The predicted molar refractivity (Wildman–Crippen MR) is 83.9 cm³/mol. The molecule has 1 aromatic rings. The Bertz CT molecular complexity index is 503. The number of rotatable bonds is 6. The van der Waals surface area contributed by atoms with E-state index in [4.69, 9.17) is 9.15 Å². The van der Waals surface area contributed by atoms with Gasteiger partial charge in [0.15, 0.2) is 0 Å². The van der Waals surface area contributed by atoms with Crippen LogP contribution in [0.3, 0.4) is 0 Å². The van der Waals surface area contributed by atoms with E-state index in [-0.39, 0.29) is 30.4 Å². The molecular weight excluding hydrogens is 298 g/mol. The standard InChI is InChI=1S/C16H27N3O4/c1-10(2)16-19-18-14(23-16)9-8-13(20)17-11-6-4-5-7-12(22-3)15(11)21/h10-12,15,21H,4-9H2,1-3H3,(H,17,20)/t11-,12-,15-/m1/s1. The van der Waals surface area contributed by atoms with Crippen molar-refractivity contribution in [3.8, 4) is 0 Å². The van der Waals surface area contributed by atoms with E-state index in [1.165, 1.54) is 0 Å². The van der Waals surface area contributed by atoms with E-state index < -0.39 is 6.10 Å². The monoisotopic (exact) mass is 325 g/mol. The number of amides is 1. The molecule has 0 bridgehead atoms. The maximum atomic E-state index is 12.1. The van der Waals surface area contributed by atoms with Crippen molar-refractivity contribution >= 4 is 5.91 Å². The summed E-state index contributed by atoms with van der Waals surface area (Å²) in [6.07, 6.45) is 3.36. The van der Waals surface area contributed by atoms with E-state index in [9.17, 15) is 9.90 Å². The summed E-state index contributed by atoms with van der Waals surface area (Å²) in [6.45, 7) is 3.95. The lowest BCUT2D eigenvalue weighted by molar-refractivity contribution is -0.123. The molecule has 1 heterocycles. The zero-order valence-corrected chi connectivity index (χ0v) is 14.1. The minimum Gasteiger partial charge on any atom is -0.425 e. The summed E-state index contributed by atoms with van der Waals surface area (Å²) in [5, 5.41) is 21.1. The third kappa shape index (κ3) is 5.00. The van der Waals surface area contributed by atoms with Gasteiger partial charge in [0, 0.05) is 25.9 Å². The highest BCUT2D eigenvalue weighted by atomic mass is 16.5. The summed E-state index contributed by atoms with van der Waals surface area (Å²) >= 11 is 0. The molecule has 0 radical (unpaired) electrons. The quantitative estimate of drug-likeness (QED) is 0.770. The first kappa shape index (κ1) is 17.9. The Morgan fingerprint density at radius 3 is 2.78 bits per heavy atom. The number of carbonyl (C=O) groups excluding carboxylic acids is 1. The SMILES string of the molecule is CO[C@@H]1CCCC[C@@H](NC(=O)CCc2nnc(C(C)C)o2)[C@H]1O. The molecule has 0 aliphatic heterocycles.